The lowest BCUT2D eigenvalue weighted by Gasteiger charge is -2.07. The van der Waals surface area contributed by atoms with Crippen molar-refractivity contribution in [3.8, 4) is 11.4 Å². The van der Waals surface area contributed by atoms with E-state index in [1.807, 2.05) is 0 Å². The van der Waals surface area contributed by atoms with Crippen LogP contribution in [0.5, 0.6) is 0 Å². The van der Waals surface area contributed by atoms with Crippen molar-refractivity contribution in [2.24, 2.45) is 0 Å². The number of nitrogens with zero attached hydrogens (tertiary/aromatic N) is 1. The third-order valence-electron chi connectivity index (χ3n) is 2.05. The second kappa shape index (κ2) is 3.62. The Hall–Kier alpha value is -1.85. The Bertz CT molecular complexity index is 488. The molecule has 1 heterocycles. The molecule has 16 heavy (non-hydrogen) atoms. The highest BCUT2D eigenvalue weighted by Gasteiger charge is 2.31. The molecule has 0 aliphatic rings. The van der Waals surface area contributed by atoms with Crippen molar-refractivity contribution in [1.29, 1.82) is 0 Å². The van der Waals surface area contributed by atoms with Crippen LogP contribution in [-0.4, -0.2) is 9.97 Å². The molecule has 84 valence electrons. The molecule has 0 aliphatic heterocycles. The number of hydrogen-bond donors (Lipinski definition) is 1. The fourth-order valence-electron chi connectivity index (χ4n) is 1.30. The van der Waals surface area contributed by atoms with Crippen LogP contribution in [0.3, 0.4) is 0 Å². The molecule has 0 bridgehead atoms. The standard InChI is InChI=1S/C10H6F4N2/c11-8-5-6(10(12,13)14)1-2-7(8)9-15-3-4-16-9/h1-5H,(H,15,16). The van der Waals surface area contributed by atoms with Crippen LogP contribution in [0.25, 0.3) is 11.4 Å². The maximum atomic E-state index is 13.4. The normalized spacial score (nSPS) is 11.8. The average Bonchev–Trinajstić information content (AvgIpc) is 2.69. The van der Waals surface area contributed by atoms with E-state index in [9.17, 15) is 17.6 Å². The molecule has 0 radical (unpaired) electrons. The third kappa shape index (κ3) is 1.91. The van der Waals surface area contributed by atoms with Crippen LogP contribution in [-0.2, 0) is 6.18 Å². The summed E-state index contributed by atoms with van der Waals surface area (Å²) in [6.07, 6.45) is -1.68. The monoisotopic (exact) mass is 230 g/mol. The number of aromatic amines is 1. The van der Waals surface area contributed by atoms with Gasteiger partial charge in [-0.25, -0.2) is 9.37 Å². The van der Waals surface area contributed by atoms with Gasteiger partial charge in [-0.05, 0) is 18.2 Å². The summed E-state index contributed by atoms with van der Waals surface area (Å²) >= 11 is 0. The minimum Gasteiger partial charge on any atom is -0.345 e. The van der Waals surface area contributed by atoms with Gasteiger partial charge in [0.1, 0.15) is 11.6 Å². The van der Waals surface area contributed by atoms with Gasteiger partial charge in [-0.15, -0.1) is 0 Å². The van der Waals surface area contributed by atoms with Crippen LogP contribution in [0.1, 0.15) is 5.56 Å². The van der Waals surface area contributed by atoms with Crippen molar-refractivity contribution in [2.75, 3.05) is 0 Å². The van der Waals surface area contributed by atoms with Crippen molar-refractivity contribution in [2.45, 2.75) is 6.18 Å². The largest absolute Gasteiger partial charge is 0.416 e. The predicted molar refractivity (Wildman–Crippen MR) is 49.0 cm³/mol. The number of aromatic nitrogens is 2. The lowest BCUT2D eigenvalue weighted by molar-refractivity contribution is -0.137. The first-order valence-corrected chi connectivity index (χ1v) is 4.35. The lowest BCUT2D eigenvalue weighted by Crippen LogP contribution is -2.05. The van der Waals surface area contributed by atoms with E-state index < -0.39 is 17.6 Å². The molecule has 2 rings (SSSR count). The predicted octanol–water partition coefficient (Wildman–Crippen LogP) is 3.23. The van der Waals surface area contributed by atoms with Gasteiger partial charge in [0, 0.05) is 12.4 Å². The highest BCUT2D eigenvalue weighted by molar-refractivity contribution is 5.56. The Kier molecular flexibility index (Phi) is 2.41. The van der Waals surface area contributed by atoms with E-state index >= 15 is 0 Å². The number of H-pyrrole nitrogens is 1. The average molecular weight is 230 g/mol. The minimum atomic E-state index is -4.54. The highest BCUT2D eigenvalue weighted by Crippen LogP contribution is 2.31. The summed E-state index contributed by atoms with van der Waals surface area (Å²) in [4.78, 5) is 6.38. The molecule has 2 aromatic rings. The first-order chi connectivity index (χ1) is 7.48. The lowest BCUT2D eigenvalue weighted by atomic mass is 10.1. The van der Waals surface area contributed by atoms with Crippen LogP contribution in [0.15, 0.2) is 30.6 Å². The molecular formula is C10H6F4N2. The fourth-order valence-corrected chi connectivity index (χ4v) is 1.30. The van der Waals surface area contributed by atoms with Crippen LogP contribution in [0, 0.1) is 5.82 Å². The first kappa shape index (κ1) is 10.7. The summed E-state index contributed by atoms with van der Waals surface area (Å²) in [5, 5.41) is 0. The fraction of sp³-hybridized carbons (Fsp3) is 0.100. The van der Waals surface area contributed by atoms with Gasteiger partial charge in [0.15, 0.2) is 0 Å². The van der Waals surface area contributed by atoms with Crippen LogP contribution < -0.4 is 0 Å². The smallest absolute Gasteiger partial charge is 0.345 e. The molecule has 6 heteroatoms. The number of imidazole rings is 1. The first-order valence-electron chi connectivity index (χ1n) is 4.35. The molecule has 0 unspecified atom stereocenters. The molecule has 1 aromatic heterocycles. The molecule has 0 saturated heterocycles. The number of rotatable bonds is 1. The summed E-state index contributed by atoms with van der Waals surface area (Å²) in [5.74, 6) is -0.754. The van der Waals surface area contributed by atoms with E-state index in [-0.39, 0.29) is 11.4 Å². The van der Waals surface area contributed by atoms with Crippen molar-refractivity contribution in [3.63, 3.8) is 0 Å². The van der Waals surface area contributed by atoms with E-state index in [2.05, 4.69) is 9.97 Å². The van der Waals surface area contributed by atoms with Gasteiger partial charge < -0.3 is 4.98 Å². The van der Waals surface area contributed by atoms with Gasteiger partial charge in [-0.2, -0.15) is 13.2 Å². The topological polar surface area (TPSA) is 28.7 Å². The summed E-state index contributed by atoms with van der Waals surface area (Å²) in [6, 6.07) is 2.33. The Morgan fingerprint density at radius 1 is 1.19 bits per heavy atom. The number of benzene rings is 1. The quantitative estimate of drug-likeness (QED) is 0.748. The second-order valence-electron chi connectivity index (χ2n) is 3.13. The van der Waals surface area contributed by atoms with E-state index in [0.29, 0.717) is 6.07 Å². The van der Waals surface area contributed by atoms with Crippen molar-refractivity contribution in [3.05, 3.63) is 42.0 Å². The maximum absolute atomic E-state index is 13.4. The Morgan fingerprint density at radius 2 is 1.94 bits per heavy atom. The van der Waals surface area contributed by atoms with Crippen LogP contribution in [0.2, 0.25) is 0 Å². The zero-order valence-corrected chi connectivity index (χ0v) is 7.85. The maximum Gasteiger partial charge on any atom is 0.416 e. The zero-order valence-electron chi connectivity index (χ0n) is 7.85. The van der Waals surface area contributed by atoms with E-state index in [1.54, 1.807) is 0 Å². The van der Waals surface area contributed by atoms with E-state index in [1.165, 1.54) is 12.4 Å². The number of hydrogen-bond acceptors (Lipinski definition) is 1. The van der Waals surface area contributed by atoms with Crippen molar-refractivity contribution >= 4 is 0 Å². The van der Waals surface area contributed by atoms with E-state index in [4.69, 9.17) is 0 Å². The Morgan fingerprint density at radius 3 is 2.44 bits per heavy atom. The SMILES string of the molecule is Fc1cc(C(F)(F)F)ccc1-c1ncc[nH]1. The van der Waals surface area contributed by atoms with Crippen molar-refractivity contribution in [1.82, 2.24) is 9.97 Å². The van der Waals surface area contributed by atoms with Crippen LogP contribution >= 0.6 is 0 Å². The molecule has 1 aromatic carbocycles. The summed E-state index contributed by atoms with van der Waals surface area (Å²) < 4.78 is 50.1. The summed E-state index contributed by atoms with van der Waals surface area (Å²) in [6.45, 7) is 0. The minimum absolute atomic E-state index is 0.0120. The molecule has 0 amide bonds. The molecule has 0 atom stereocenters. The molecule has 2 nitrogen and oxygen atoms in total. The van der Waals surface area contributed by atoms with Gasteiger partial charge in [-0.3, -0.25) is 0 Å². The van der Waals surface area contributed by atoms with Gasteiger partial charge >= 0.3 is 6.18 Å². The second-order valence-corrected chi connectivity index (χ2v) is 3.13. The molecular weight excluding hydrogens is 224 g/mol. The molecule has 0 saturated carbocycles. The van der Waals surface area contributed by atoms with Gasteiger partial charge in [0.25, 0.3) is 0 Å². The van der Waals surface area contributed by atoms with Gasteiger partial charge in [0.2, 0.25) is 0 Å². The van der Waals surface area contributed by atoms with E-state index in [0.717, 1.165) is 12.1 Å². The number of halogens is 4. The molecule has 0 spiro atoms. The number of nitrogens with one attached hydrogen (secondary N) is 1. The Balaban J connectivity index is 2.46. The molecule has 0 fully saturated rings. The third-order valence-corrected chi connectivity index (χ3v) is 2.05. The van der Waals surface area contributed by atoms with Gasteiger partial charge in [0.05, 0.1) is 11.1 Å². The summed E-state index contributed by atoms with van der Waals surface area (Å²) in [7, 11) is 0. The zero-order chi connectivity index (χ0) is 11.8. The van der Waals surface area contributed by atoms with Crippen molar-refractivity contribution < 1.29 is 17.6 Å². The molecule has 0 aliphatic carbocycles. The summed E-state index contributed by atoms with van der Waals surface area (Å²) in [5.41, 5.74) is -1.00. The number of alkyl halides is 3. The van der Waals surface area contributed by atoms with Gasteiger partial charge in [-0.1, -0.05) is 0 Å². The Labute approximate surface area is 87.9 Å². The van der Waals surface area contributed by atoms with Crippen LogP contribution in [0.4, 0.5) is 17.6 Å². The highest BCUT2D eigenvalue weighted by atomic mass is 19.4. The molecule has 1 N–H and O–H groups in total.